The van der Waals surface area contributed by atoms with Crippen molar-refractivity contribution in [2.24, 2.45) is 0 Å². The first-order valence-electron chi connectivity index (χ1n) is 13.6. The molecule has 0 atom stereocenters. The molecule has 1 aromatic rings. The van der Waals surface area contributed by atoms with Crippen molar-refractivity contribution in [3.8, 4) is 0 Å². The average Bonchev–Trinajstić information content (AvgIpc) is 2.88. The molecule has 1 saturated heterocycles. The summed E-state index contributed by atoms with van der Waals surface area (Å²) in [6, 6.07) is 7.96. The number of morpholine rings is 1. The number of nitrogens with zero attached hydrogens (tertiary/aromatic N) is 1. The molecule has 1 heterocycles. The van der Waals surface area contributed by atoms with Gasteiger partial charge in [0, 0.05) is 42.7 Å². The van der Waals surface area contributed by atoms with E-state index in [0.717, 1.165) is 61.0 Å². The predicted octanol–water partition coefficient (Wildman–Crippen LogP) is 7.01. The van der Waals surface area contributed by atoms with Crippen LogP contribution in [0.5, 0.6) is 0 Å². The molecule has 0 bridgehead atoms. The number of hydrogen-bond donors (Lipinski definition) is 1. The fourth-order valence-corrected chi connectivity index (χ4v) is 3.57. The highest BCUT2D eigenvalue weighted by atomic mass is 35.5. The van der Waals surface area contributed by atoms with Crippen LogP contribution >= 0.6 is 11.6 Å². The standard InChI is InChI=1S/C17H27NO3.C9H9Cl.C6H13NO/c1-5-16(13-17(14(2)3)15(4)19)21-10-6-7-18-8-11-20-12-9-18;1-7(2)8-4-3-5-9(10)6-8;1-4-6(8)7-5(2)3/h5,13H,1,6-12H2,2-4H3;3-6H,1H2,2H3;5H,4H2,1-3H3,(H,7,8)/b16-13+;;. The second-order valence-electron chi connectivity index (χ2n) is 9.74. The Kier molecular flexibility index (Phi) is 19.7. The van der Waals surface area contributed by atoms with Crippen molar-refractivity contribution >= 4 is 28.9 Å². The average molecular weight is 561 g/mol. The fraction of sp³-hybridized carbons (Fsp3) is 0.500. The predicted molar refractivity (Wildman–Crippen MR) is 165 cm³/mol. The van der Waals surface area contributed by atoms with Gasteiger partial charge in [-0.3, -0.25) is 14.5 Å². The molecule has 1 aliphatic heterocycles. The summed E-state index contributed by atoms with van der Waals surface area (Å²) < 4.78 is 11.0. The van der Waals surface area contributed by atoms with E-state index in [-0.39, 0.29) is 17.7 Å². The van der Waals surface area contributed by atoms with E-state index >= 15 is 0 Å². The minimum absolute atomic E-state index is 0.0475. The summed E-state index contributed by atoms with van der Waals surface area (Å²) in [5, 5.41) is 3.52. The lowest BCUT2D eigenvalue weighted by molar-refractivity contribution is -0.121. The van der Waals surface area contributed by atoms with Crippen molar-refractivity contribution in [3.63, 3.8) is 0 Å². The number of Topliss-reactive ketones (excluding diaryl/α,β-unsaturated/α-hetero) is 1. The zero-order valence-electron chi connectivity index (χ0n) is 25.1. The van der Waals surface area contributed by atoms with Crippen LogP contribution in [-0.4, -0.2) is 62.1 Å². The topological polar surface area (TPSA) is 67.9 Å². The van der Waals surface area contributed by atoms with E-state index in [0.29, 0.717) is 24.4 Å². The Morgan fingerprint density at radius 2 is 1.82 bits per heavy atom. The van der Waals surface area contributed by atoms with Crippen molar-refractivity contribution in [1.29, 1.82) is 0 Å². The fourth-order valence-electron chi connectivity index (χ4n) is 3.38. The second kappa shape index (κ2) is 21.2. The van der Waals surface area contributed by atoms with Gasteiger partial charge in [-0.2, -0.15) is 0 Å². The van der Waals surface area contributed by atoms with Crippen LogP contribution in [-0.2, 0) is 19.1 Å². The Morgan fingerprint density at radius 1 is 1.18 bits per heavy atom. The van der Waals surface area contributed by atoms with E-state index in [1.165, 1.54) is 0 Å². The lowest BCUT2D eigenvalue weighted by atomic mass is 10.1. The maximum atomic E-state index is 11.6. The normalized spacial score (nSPS) is 13.2. The number of carbonyl (C=O) groups excluding carboxylic acids is 2. The molecule has 2 rings (SSSR count). The number of amides is 1. The molecule has 1 fully saturated rings. The second-order valence-corrected chi connectivity index (χ2v) is 10.2. The molecule has 1 aliphatic rings. The molecule has 6 nitrogen and oxygen atoms in total. The monoisotopic (exact) mass is 560 g/mol. The zero-order valence-corrected chi connectivity index (χ0v) is 25.8. The Balaban J connectivity index is 0.000000660. The summed E-state index contributed by atoms with van der Waals surface area (Å²) in [5.41, 5.74) is 3.83. The third kappa shape index (κ3) is 18.3. The highest BCUT2D eigenvalue weighted by Crippen LogP contribution is 2.16. The summed E-state index contributed by atoms with van der Waals surface area (Å²) in [6.07, 6.45) is 4.97. The van der Waals surface area contributed by atoms with Gasteiger partial charge >= 0.3 is 0 Å². The maximum absolute atomic E-state index is 11.6. The number of allylic oxidation sites excluding steroid dienone is 5. The van der Waals surface area contributed by atoms with Crippen LogP contribution in [0.4, 0.5) is 0 Å². The van der Waals surface area contributed by atoms with E-state index in [4.69, 9.17) is 21.1 Å². The molecule has 218 valence electrons. The molecule has 0 aromatic heterocycles. The van der Waals surface area contributed by atoms with Crippen LogP contribution < -0.4 is 5.32 Å². The van der Waals surface area contributed by atoms with E-state index in [1.807, 2.05) is 65.8 Å². The van der Waals surface area contributed by atoms with Gasteiger partial charge in [-0.15, -0.1) is 0 Å². The summed E-state index contributed by atoms with van der Waals surface area (Å²) in [5.74, 6) is 0.828. The number of ketones is 1. The molecule has 39 heavy (non-hydrogen) atoms. The SMILES string of the molecule is C=C(C)c1cccc(Cl)c1.C=C/C(=C\C(C(C)=O)=C(C)C)OCCCN1CCOCC1.CCC(=O)NC(C)C. The molecule has 0 aliphatic carbocycles. The van der Waals surface area contributed by atoms with Crippen LogP contribution in [0, 0.1) is 0 Å². The maximum Gasteiger partial charge on any atom is 0.219 e. The van der Waals surface area contributed by atoms with Crippen molar-refractivity contribution in [2.75, 3.05) is 39.5 Å². The van der Waals surface area contributed by atoms with Crippen LogP contribution in [0.2, 0.25) is 5.02 Å². The number of carbonyl (C=O) groups is 2. The van der Waals surface area contributed by atoms with Gasteiger partial charge in [-0.25, -0.2) is 0 Å². The summed E-state index contributed by atoms with van der Waals surface area (Å²) in [4.78, 5) is 24.4. The number of halogens is 1. The van der Waals surface area contributed by atoms with Gasteiger partial charge < -0.3 is 14.8 Å². The van der Waals surface area contributed by atoms with E-state index in [2.05, 4.69) is 23.4 Å². The van der Waals surface area contributed by atoms with Gasteiger partial charge in [0.2, 0.25) is 5.91 Å². The number of rotatable bonds is 11. The first-order chi connectivity index (χ1) is 18.4. The molecule has 7 heteroatoms. The van der Waals surface area contributed by atoms with E-state index < -0.39 is 0 Å². The molecule has 0 spiro atoms. The van der Waals surface area contributed by atoms with Gasteiger partial charge in [-0.05, 0) is 77.8 Å². The summed E-state index contributed by atoms with van der Waals surface area (Å²) >= 11 is 5.75. The molecule has 1 amide bonds. The molecule has 1 aromatic carbocycles. The van der Waals surface area contributed by atoms with Crippen LogP contribution in [0.25, 0.3) is 5.57 Å². The Labute approximate surface area is 241 Å². The lowest BCUT2D eigenvalue weighted by Crippen LogP contribution is -2.37. The van der Waals surface area contributed by atoms with Crippen LogP contribution in [0.15, 0.2) is 66.5 Å². The van der Waals surface area contributed by atoms with E-state index in [9.17, 15) is 9.59 Å². The van der Waals surface area contributed by atoms with Gasteiger partial charge in [0.05, 0.1) is 19.8 Å². The number of benzene rings is 1. The highest BCUT2D eigenvalue weighted by molar-refractivity contribution is 6.30. The van der Waals surface area contributed by atoms with Crippen molar-refractivity contribution < 1.29 is 19.1 Å². The number of nitrogens with one attached hydrogen (secondary N) is 1. The molecular weight excluding hydrogens is 512 g/mol. The van der Waals surface area contributed by atoms with Gasteiger partial charge in [0.25, 0.3) is 0 Å². The summed E-state index contributed by atoms with van der Waals surface area (Å²) in [7, 11) is 0. The van der Waals surface area contributed by atoms with Gasteiger partial charge in [-0.1, -0.05) is 55.0 Å². The number of ether oxygens (including phenoxy) is 2. The summed E-state index contributed by atoms with van der Waals surface area (Å²) in [6.45, 7) is 26.0. The molecule has 0 radical (unpaired) electrons. The smallest absolute Gasteiger partial charge is 0.219 e. The van der Waals surface area contributed by atoms with Crippen molar-refractivity contribution in [1.82, 2.24) is 10.2 Å². The minimum Gasteiger partial charge on any atom is -0.494 e. The van der Waals surface area contributed by atoms with Crippen LogP contribution in [0.1, 0.15) is 66.9 Å². The first-order valence-corrected chi connectivity index (χ1v) is 13.9. The minimum atomic E-state index is 0.0475. The Morgan fingerprint density at radius 3 is 2.23 bits per heavy atom. The quantitative estimate of drug-likeness (QED) is 0.136. The van der Waals surface area contributed by atoms with Gasteiger partial charge in [0.15, 0.2) is 5.78 Å². The largest absolute Gasteiger partial charge is 0.494 e. The Hall–Kier alpha value is -2.67. The Bertz CT molecular complexity index is 972. The third-order valence-electron chi connectivity index (χ3n) is 5.49. The molecule has 1 N–H and O–H groups in total. The van der Waals surface area contributed by atoms with Crippen molar-refractivity contribution in [2.45, 2.75) is 67.3 Å². The first kappa shape index (κ1) is 36.3. The zero-order chi connectivity index (χ0) is 29.8. The van der Waals surface area contributed by atoms with Crippen molar-refractivity contribution in [3.05, 3.63) is 77.1 Å². The molecule has 0 saturated carbocycles. The van der Waals surface area contributed by atoms with Gasteiger partial charge in [0.1, 0.15) is 5.76 Å². The lowest BCUT2D eigenvalue weighted by Gasteiger charge is -2.26. The molecule has 0 unspecified atom stereocenters. The highest BCUT2D eigenvalue weighted by Gasteiger charge is 2.10. The third-order valence-corrected chi connectivity index (χ3v) is 5.72. The molecular formula is C32H49ClN2O4. The van der Waals surface area contributed by atoms with E-state index in [1.54, 1.807) is 19.1 Å². The number of hydrogen-bond acceptors (Lipinski definition) is 5. The van der Waals surface area contributed by atoms with Crippen LogP contribution in [0.3, 0.4) is 0 Å².